The fraction of sp³-hybridized carbons (Fsp3) is 0.167. The van der Waals surface area contributed by atoms with Gasteiger partial charge in [0, 0.05) is 15.1 Å². The molecule has 8 nitrogen and oxygen atoms in total. The van der Waals surface area contributed by atoms with Gasteiger partial charge in [0.2, 0.25) is 0 Å². The summed E-state index contributed by atoms with van der Waals surface area (Å²) in [4.78, 5) is 28.7. The van der Waals surface area contributed by atoms with E-state index in [-0.39, 0.29) is 31.0 Å². The Morgan fingerprint density at radius 3 is 2.58 bits per heavy atom. The first-order valence-electron chi connectivity index (χ1n) is 8.52. The van der Waals surface area contributed by atoms with E-state index in [2.05, 4.69) is 20.9 Å². The fourth-order valence-corrected chi connectivity index (χ4v) is 4.57. The molecule has 0 aliphatic rings. The molecule has 1 aromatic heterocycles. The van der Waals surface area contributed by atoms with Crippen molar-refractivity contribution >= 4 is 60.1 Å². The summed E-state index contributed by atoms with van der Waals surface area (Å²) in [6.45, 7) is 1.37. The van der Waals surface area contributed by atoms with Crippen LogP contribution in [-0.2, 0) is 9.84 Å². The molecule has 0 fully saturated rings. The van der Waals surface area contributed by atoms with Gasteiger partial charge < -0.3 is 5.11 Å². The third-order valence-corrected chi connectivity index (χ3v) is 7.05. The van der Waals surface area contributed by atoms with Gasteiger partial charge in [-0.2, -0.15) is 9.69 Å². The van der Waals surface area contributed by atoms with Gasteiger partial charge in [0.25, 0.3) is 12.0 Å². The average molecular weight is 537 g/mol. The Kier molecular flexibility index (Phi) is 6.35. The molecular formula is C18H13BrClF2N3O5S. The number of carboxylic acid groups (broad SMARTS) is 1. The topological polar surface area (TPSA) is 110 Å². The molecule has 2 aromatic carbocycles. The summed E-state index contributed by atoms with van der Waals surface area (Å²) in [5.74, 6) is -0.342. The molecule has 0 bridgehead atoms. The molecule has 0 atom stereocenters. The lowest BCUT2D eigenvalue weighted by Gasteiger charge is -2.23. The smallest absolute Gasteiger partial charge is 0.431 e. The molecule has 13 heteroatoms. The number of carbonyl (C=O) groups is 1. The van der Waals surface area contributed by atoms with E-state index in [0.717, 1.165) is 24.5 Å². The van der Waals surface area contributed by atoms with Crippen LogP contribution in [0.4, 0.5) is 19.3 Å². The van der Waals surface area contributed by atoms with Crippen molar-refractivity contribution in [3.8, 4) is 0 Å². The van der Waals surface area contributed by atoms with Gasteiger partial charge >= 0.3 is 6.09 Å². The first kappa shape index (κ1) is 23.1. The molecule has 0 saturated carbocycles. The van der Waals surface area contributed by atoms with Crippen LogP contribution in [-0.4, -0.2) is 35.0 Å². The van der Waals surface area contributed by atoms with Crippen molar-refractivity contribution < 1.29 is 27.1 Å². The maximum absolute atomic E-state index is 13.3. The SMILES string of the molecule is CCS(=O)(=O)c1ccc(Cl)cc1N(C(=O)O)n1cnc2cc(Br)c(C(F)F)cc2c1=O. The third-order valence-electron chi connectivity index (χ3n) is 4.36. The predicted octanol–water partition coefficient (Wildman–Crippen LogP) is 4.49. The van der Waals surface area contributed by atoms with Crippen LogP contribution in [0.25, 0.3) is 10.9 Å². The lowest BCUT2D eigenvalue weighted by molar-refractivity contribution is 0.150. The Labute approximate surface area is 187 Å². The number of nitrogens with zero attached hydrogens (tertiary/aromatic N) is 3. The first-order chi connectivity index (χ1) is 14.5. The molecule has 0 saturated heterocycles. The van der Waals surface area contributed by atoms with Crippen LogP contribution in [0.5, 0.6) is 0 Å². The summed E-state index contributed by atoms with van der Waals surface area (Å²) < 4.78 is 52.1. The number of benzene rings is 2. The second-order valence-electron chi connectivity index (χ2n) is 6.20. The van der Waals surface area contributed by atoms with E-state index in [4.69, 9.17) is 11.6 Å². The summed E-state index contributed by atoms with van der Waals surface area (Å²) >= 11 is 8.93. The number of rotatable bonds is 5. The third kappa shape index (κ3) is 4.27. The standard InChI is InChI=1S/C18H13BrClF2N3O5S/c1-2-31(29,30)15-4-3-9(20)5-14(15)25(18(27)28)24-8-23-13-7-12(19)10(16(21)22)6-11(13)17(24)26/h3-8,16H,2H2,1H3,(H,27,28). The number of sulfone groups is 1. The number of halogens is 4. The highest BCUT2D eigenvalue weighted by molar-refractivity contribution is 9.10. The number of alkyl halides is 2. The van der Waals surface area contributed by atoms with E-state index in [0.29, 0.717) is 9.69 Å². The van der Waals surface area contributed by atoms with Gasteiger partial charge in [-0.1, -0.05) is 34.5 Å². The van der Waals surface area contributed by atoms with E-state index < -0.39 is 39.2 Å². The van der Waals surface area contributed by atoms with Crippen molar-refractivity contribution in [2.75, 3.05) is 10.8 Å². The second kappa shape index (κ2) is 8.52. The molecule has 0 aliphatic carbocycles. The van der Waals surface area contributed by atoms with Gasteiger partial charge in [0.1, 0.15) is 6.33 Å². The Morgan fingerprint density at radius 1 is 1.32 bits per heavy atom. The number of hydrogen-bond donors (Lipinski definition) is 1. The number of aromatic nitrogens is 2. The number of anilines is 1. The second-order valence-corrected chi connectivity index (χ2v) is 9.73. The van der Waals surface area contributed by atoms with Gasteiger partial charge in [0.05, 0.1) is 27.2 Å². The minimum Gasteiger partial charge on any atom is -0.463 e. The minimum absolute atomic E-state index is 0.0158. The largest absolute Gasteiger partial charge is 0.463 e. The van der Waals surface area contributed by atoms with E-state index >= 15 is 0 Å². The molecule has 0 spiro atoms. The van der Waals surface area contributed by atoms with Crippen molar-refractivity contribution in [2.45, 2.75) is 18.2 Å². The number of amides is 1. The predicted molar refractivity (Wildman–Crippen MR) is 114 cm³/mol. The lowest BCUT2D eigenvalue weighted by Crippen LogP contribution is -2.43. The van der Waals surface area contributed by atoms with E-state index in [1.165, 1.54) is 19.1 Å². The maximum atomic E-state index is 13.3. The first-order valence-corrected chi connectivity index (χ1v) is 11.3. The normalized spacial score (nSPS) is 11.8. The zero-order valence-corrected chi connectivity index (χ0v) is 18.7. The molecule has 164 valence electrons. The molecule has 3 aromatic rings. The van der Waals surface area contributed by atoms with Crippen LogP contribution in [0.2, 0.25) is 5.02 Å². The zero-order chi connectivity index (χ0) is 23.1. The number of hydrogen-bond acceptors (Lipinski definition) is 5. The monoisotopic (exact) mass is 535 g/mol. The lowest BCUT2D eigenvalue weighted by atomic mass is 10.1. The van der Waals surface area contributed by atoms with Crippen LogP contribution in [0.3, 0.4) is 0 Å². The molecule has 0 aliphatic heterocycles. The molecule has 3 rings (SSSR count). The molecule has 1 amide bonds. The fourth-order valence-electron chi connectivity index (χ4n) is 2.85. The Balaban J connectivity index is 2.35. The molecule has 0 radical (unpaired) electrons. The highest BCUT2D eigenvalue weighted by Gasteiger charge is 2.28. The van der Waals surface area contributed by atoms with Crippen LogP contribution in [0.1, 0.15) is 18.9 Å². The van der Waals surface area contributed by atoms with Crippen LogP contribution in [0, 0.1) is 0 Å². The van der Waals surface area contributed by atoms with E-state index in [1.54, 1.807) is 0 Å². The van der Waals surface area contributed by atoms with Crippen molar-refractivity contribution in [1.82, 2.24) is 9.66 Å². The summed E-state index contributed by atoms with van der Waals surface area (Å²) in [7, 11) is -3.92. The molecular weight excluding hydrogens is 524 g/mol. The van der Waals surface area contributed by atoms with Crippen LogP contribution < -0.4 is 10.6 Å². The van der Waals surface area contributed by atoms with Gasteiger partial charge in [-0.3, -0.25) is 4.79 Å². The molecule has 0 unspecified atom stereocenters. The quantitative estimate of drug-likeness (QED) is 0.515. The highest BCUT2D eigenvalue weighted by atomic mass is 79.9. The van der Waals surface area contributed by atoms with Crippen LogP contribution >= 0.6 is 27.5 Å². The summed E-state index contributed by atoms with van der Waals surface area (Å²) in [6.07, 6.45) is -3.77. The van der Waals surface area contributed by atoms with Gasteiger partial charge in [-0.05, 0) is 30.3 Å². The molecule has 1 heterocycles. The van der Waals surface area contributed by atoms with Crippen molar-refractivity contribution in [1.29, 1.82) is 0 Å². The Hall–Kier alpha value is -2.57. The Morgan fingerprint density at radius 2 is 2.00 bits per heavy atom. The number of fused-ring (bicyclic) bond motifs is 1. The van der Waals surface area contributed by atoms with E-state index in [1.807, 2.05) is 0 Å². The Bertz CT molecular complexity index is 1360. The van der Waals surface area contributed by atoms with Crippen molar-refractivity contribution in [2.24, 2.45) is 0 Å². The van der Waals surface area contributed by atoms with Crippen molar-refractivity contribution in [3.05, 3.63) is 62.1 Å². The van der Waals surface area contributed by atoms with Crippen molar-refractivity contribution in [3.63, 3.8) is 0 Å². The summed E-state index contributed by atoms with van der Waals surface area (Å²) in [5.41, 5.74) is -1.85. The minimum atomic E-state index is -3.92. The van der Waals surface area contributed by atoms with Gasteiger partial charge in [-0.15, -0.1) is 0 Å². The van der Waals surface area contributed by atoms with Gasteiger partial charge in [0.15, 0.2) is 9.84 Å². The molecule has 1 N–H and O–H groups in total. The van der Waals surface area contributed by atoms with Crippen LogP contribution in [0.15, 0.2) is 50.8 Å². The zero-order valence-electron chi connectivity index (χ0n) is 15.6. The van der Waals surface area contributed by atoms with E-state index in [9.17, 15) is 31.9 Å². The maximum Gasteiger partial charge on any atom is 0.431 e. The summed E-state index contributed by atoms with van der Waals surface area (Å²) in [5, 5.41) is 9.88. The van der Waals surface area contributed by atoms with Gasteiger partial charge in [-0.25, -0.2) is 27.0 Å². The summed E-state index contributed by atoms with van der Waals surface area (Å²) in [6, 6.07) is 5.57. The highest BCUT2D eigenvalue weighted by Crippen LogP contribution is 2.32. The average Bonchev–Trinajstić information content (AvgIpc) is 2.69. The molecule has 31 heavy (non-hydrogen) atoms.